The van der Waals surface area contributed by atoms with Crippen molar-refractivity contribution in [3.05, 3.63) is 18.2 Å². The standard InChI is InChI=1S/C13H21N3S/c14-12-5-4-11(10-13(12)15)17-9-8-16-6-2-1-3-7-16/h4-5,10H,1-3,6-9,14-15H2. The Morgan fingerprint density at radius 3 is 2.53 bits per heavy atom. The van der Waals surface area contributed by atoms with Gasteiger partial charge in [-0.1, -0.05) is 6.42 Å². The van der Waals surface area contributed by atoms with E-state index in [-0.39, 0.29) is 0 Å². The van der Waals surface area contributed by atoms with Gasteiger partial charge in [-0.05, 0) is 44.1 Å². The van der Waals surface area contributed by atoms with Crippen molar-refractivity contribution in [1.82, 2.24) is 4.90 Å². The second kappa shape index (κ2) is 6.17. The Labute approximate surface area is 108 Å². The SMILES string of the molecule is Nc1ccc(SCCN2CCCCC2)cc1N. The summed E-state index contributed by atoms with van der Waals surface area (Å²) in [6, 6.07) is 5.90. The number of nitrogens with two attached hydrogens (primary N) is 2. The molecule has 4 N–H and O–H groups in total. The fraction of sp³-hybridized carbons (Fsp3) is 0.538. The Morgan fingerprint density at radius 2 is 1.82 bits per heavy atom. The summed E-state index contributed by atoms with van der Waals surface area (Å²) in [5, 5.41) is 0. The van der Waals surface area contributed by atoms with Gasteiger partial charge in [-0.3, -0.25) is 0 Å². The maximum absolute atomic E-state index is 5.79. The van der Waals surface area contributed by atoms with E-state index in [4.69, 9.17) is 11.5 Å². The molecule has 0 aliphatic carbocycles. The Bertz CT molecular complexity index is 362. The Kier molecular flexibility index (Phi) is 4.57. The zero-order valence-corrected chi connectivity index (χ0v) is 11.0. The Hall–Kier alpha value is -0.870. The molecule has 1 aromatic carbocycles. The van der Waals surface area contributed by atoms with Gasteiger partial charge in [0.05, 0.1) is 11.4 Å². The van der Waals surface area contributed by atoms with Crippen LogP contribution in [-0.4, -0.2) is 30.3 Å². The largest absolute Gasteiger partial charge is 0.397 e. The average molecular weight is 251 g/mol. The quantitative estimate of drug-likeness (QED) is 0.637. The van der Waals surface area contributed by atoms with Crippen molar-refractivity contribution >= 4 is 23.1 Å². The first-order valence-corrected chi connectivity index (χ1v) is 7.24. The number of likely N-dealkylation sites (tertiary alicyclic amines) is 1. The van der Waals surface area contributed by atoms with Crippen molar-refractivity contribution < 1.29 is 0 Å². The van der Waals surface area contributed by atoms with Crippen LogP contribution in [0.3, 0.4) is 0 Å². The van der Waals surface area contributed by atoms with Crippen LogP contribution >= 0.6 is 11.8 Å². The highest BCUT2D eigenvalue weighted by Crippen LogP contribution is 2.24. The van der Waals surface area contributed by atoms with Crippen molar-refractivity contribution in [3.63, 3.8) is 0 Å². The van der Waals surface area contributed by atoms with E-state index in [2.05, 4.69) is 4.90 Å². The fourth-order valence-electron chi connectivity index (χ4n) is 2.12. The van der Waals surface area contributed by atoms with Crippen LogP contribution in [0.25, 0.3) is 0 Å². The molecule has 3 nitrogen and oxygen atoms in total. The molecule has 94 valence electrons. The van der Waals surface area contributed by atoms with Crippen LogP contribution in [0.15, 0.2) is 23.1 Å². The third-order valence-electron chi connectivity index (χ3n) is 3.18. The van der Waals surface area contributed by atoms with Crippen LogP contribution in [0.4, 0.5) is 11.4 Å². The molecule has 1 aromatic rings. The molecule has 0 atom stereocenters. The number of nitrogens with zero attached hydrogens (tertiary/aromatic N) is 1. The number of rotatable bonds is 4. The molecule has 1 heterocycles. The topological polar surface area (TPSA) is 55.3 Å². The normalized spacial score (nSPS) is 17.2. The van der Waals surface area contributed by atoms with E-state index < -0.39 is 0 Å². The molecule has 0 spiro atoms. The molecule has 4 heteroatoms. The van der Waals surface area contributed by atoms with Gasteiger partial charge >= 0.3 is 0 Å². The zero-order chi connectivity index (χ0) is 12.1. The van der Waals surface area contributed by atoms with Gasteiger partial charge in [0.2, 0.25) is 0 Å². The first kappa shape index (κ1) is 12.6. The summed E-state index contributed by atoms with van der Waals surface area (Å²) in [7, 11) is 0. The number of hydrogen-bond donors (Lipinski definition) is 2. The molecule has 0 aromatic heterocycles. The third kappa shape index (κ3) is 3.82. The summed E-state index contributed by atoms with van der Waals surface area (Å²) in [5.41, 5.74) is 12.8. The summed E-state index contributed by atoms with van der Waals surface area (Å²) in [5.74, 6) is 1.13. The van der Waals surface area contributed by atoms with E-state index in [1.54, 1.807) is 0 Å². The number of nitrogen functional groups attached to an aromatic ring is 2. The summed E-state index contributed by atoms with van der Waals surface area (Å²) in [6.07, 6.45) is 4.12. The Morgan fingerprint density at radius 1 is 1.06 bits per heavy atom. The van der Waals surface area contributed by atoms with Gasteiger partial charge in [0.25, 0.3) is 0 Å². The molecule has 0 saturated carbocycles. The molecule has 0 amide bonds. The lowest BCUT2D eigenvalue weighted by molar-refractivity contribution is 0.242. The van der Waals surface area contributed by atoms with Crippen molar-refractivity contribution in [2.24, 2.45) is 0 Å². The monoisotopic (exact) mass is 251 g/mol. The lowest BCUT2D eigenvalue weighted by atomic mass is 10.1. The first-order chi connectivity index (χ1) is 8.25. The second-order valence-electron chi connectivity index (χ2n) is 4.54. The van der Waals surface area contributed by atoms with Crippen LogP contribution in [0.1, 0.15) is 19.3 Å². The van der Waals surface area contributed by atoms with Gasteiger partial charge in [0, 0.05) is 17.2 Å². The maximum atomic E-state index is 5.79. The highest BCUT2D eigenvalue weighted by Gasteiger charge is 2.09. The second-order valence-corrected chi connectivity index (χ2v) is 5.71. The molecule has 1 aliphatic rings. The highest BCUT2D eigenvalue weighted by molar-refractivity contribution is 7.99. The van der Waals surface area contributed by atoms with Gasteiger partial charge in [-0.15, -0.1) is 11.8 Å². The van der Waals surface area contributed by atoms with Crippen LogP contribution < -0.4 is 11.5 Å². The van der Waals surface area contributed by atoms with Crippen LogP contribution in [0, 0.1) is 0 Å². The molecular weight excluding hydrogens is 230 g/mol. The number of thioether (sulfide) groups is 1. The zero-order valence-electron chi connectivity index (χ0n) is 10.2. The molecule has 2 rings (SSSR count). The smallest absolute Gasteiger partial charge is 0.0559 e. The van der Waals surface area contributed by atoms with E-state index in [1.165, 1.54) is 43.8 Å². The number of benzene rings is 1. The van der Waals surface area contributed by atoms with Gasteiger partial charge in [0.1, 0.15) is 0 Å². The van der Waals surface area contributed by atoms with Crippen molar-refractivity contribution in [2.75, 3.05) is 36.9 Å². The summed E-state index contributed by atoms with van der Waals surface area (Å²) < 4.78 is 0. The summed E-state index contributed by atoms with van der Waals surface area (Å²) in [6.45, 7) is 3.71. The van der Waals surface area contributed by atoms with E-state index in [0.29, 0.717) is 11.4 Å². The summed E-state index contributed by atoms with van der Waals surface area (Å²) >= 11 is 1.86. The van der Waals surface area contributed by atoms with Crippen LogP contribution in [0.5, 0.6) is 0 Å². The van der Waals surface area contributed by atoms with Gasteiger partial charge in [0.15, 0.2) is 0 Å². The lowest BCUT2D eigenvalue weighted by Gasteiger charge is -2.26. The lowest BCUT2D eigenvalue weighted by Crippen LogP contribution is -2.31. The molecule has 1 saturated heterocycles. The van der Waals surface area contributed by atoms with Crippen molar-refractivity contribution in [1.29, 1.82) is 0 Å². The molecular formula is C13H21N3S. The van der Waals surface area contributed by atoms with Crippen LogP contribution in [-0.2, 0) is 0 Å². The maximum Gasteiger partial charge on any atom is 0.0559 e. The summed E-state index contributed by atoms with van der Waals surface area (Å²) in [4.78, 5) is 3.77. The molecule has 0 unspecified atom stereocenters. The molecule has 1 aliphatic heterocycles. The minimum atomic E-state index is 0.672. The molecule has 1 fully saturated rings. The van der Waals surface area contributed by atoms with E-state index >= 15 is 0 Å². The van der Waals surface area contributed by atoms with Crippen molar-refractivity contribution in [3.8, 4) is 0 Å². The van der Waals surface area contributed by atoms with Crippen LogP contribution in [0.2, 0.25) is 0 Å². The first-order valence-electron chi connectivity index (χ1n) is 6.26. The van der Waals surface area contributed by atoms with Gasteiger partial charge < -0.3 is 16.4 Å². The van der Waals surface area contributed by atoms with Crippen molar-refractivity contribution in [2.45, 2.75) is 24.2 Å². The van der Waals surface area contributed by atoms with E-state index in [1.807, 2.05) is 30.0 Å². The number of anilines is 2. The highest BCUT2D eigenvalue weighted by atomic mass is 32.2. The Balaban J connectivity index is 1.75. The number of piperidine rings is 1. The predicted molar refractivity (Wildman–Crippen MR) is 76.3 cm³/mol. The molecule has 0 radical (unpaired) electrons. The minimum Gasteiger partial charge on any atom is -0.397 e. The van der Waals surface area contributed by atoms with Gasteiger partial charge in [-0.25, -0.2) is 0 Å². The fourth-order valence-corrected chi connectivity index (χ4v) is 3.08. The molecule has 0 bridgehead atoms. The minimum absolute atomic E-state index is 0.672. The average Bonchev–Trinajstić information content (AvgIpc) is 2.35. The predicted octanol–water partition coefficient (Wildman–Crippen LogP) is 2.43. The molecule has 17 heavy (non-hydrogen) atoms. The van der Waals surface area contributed by atoms with E-state index in [0.717, 1.165) is 5.75 Å². The van der Waals surface area contributed by atoms with Gasteiger partial charge in [-0.2, -0.15) is 0 Å². The third-order valence-corrected chi connectivity index (χ3v) is 4.16. The number of hydrogen-bond acceptors (Lipinski definition) is 4. The van der Waals surface area contributed by atoms with E-state index in [9.17, 15) is 0 Å².